The Morgan fingerprint density at radius 2 is 2.20 bits per heavy atom. The van der Waals surface area contributed by atoms with Crippen LogP contribution in [0.3, 0.4) is 0 Å². The molecule has 0 bridgehead atoms. The fourth-order valence-electron chi connectivity index (χ4n) is 1.55. The third-order valence-electron chi connectivity index (χ3n) is 2.40. The highest BCUT2D eigenvalue weighted by Crippen LogP contribution is 2.04. The maximum atomic E-state index is 11.4. The summed E-state index contributed by atoms with van der Waals surface area (Å²) in [5.41, 5.74) is 0. The van der Waals surface area contributed by atoms with Crippen LogP contribution in [-0.2, 0) is 14.6 Å². The Hall–Kier alpha value is -0.620. The Bertz CT molecular complexity index is 313. The van der Waals surface area contributed by atoms with Crippen LogP contribution in [0.25, 0.3) is 0 Å². The number of hydrogen-bond acceptors (Lipinski definition) is 4. The van der Waals surface area contributed by atoms with Crippen LogP contribution in [0.1, 0.15) is 19.3 Å². The van der Waals surface area contributed by atoms with Gasteiger partial charge >= 0.3 is 0 Å². The van der Waals surface area contributed by atoms with Crippen molar-refractivity contribution in [3.05, 3.63) is 0 Å². The van der Waals surface area contributed by atoms with Gasteiger partial charge in [0.2, 0.25) is 5.91 Å². The van der Waals surface area contributed by atoms with Gasteiger partial charge in [-0.15, -0.1) is 0 Å². The Labute approximate surface area is 90.5 Å². The highest BCUT2D eigenvalue weighted by molar-refractivity contribution is 7.90. The molecule has 2 N–H and O–H groups in total. The zero-order valence-electron chi connectivity index (χ0n) is 8.95. The number of carbonyl (C=O) groups is 1. The molecule has 1 aliphatic rings. The quantitative estimate of drug-likeness (QED) is 0.674. The molecular weight excluding hydrogens is 216 g/mol. The van der Waals surface area contributed by atoms with Gasteiger partial charge in [-0.1, -0.05) is 0 Å². The summed E-state index contributed by atoms with van der Waals surface area (Å²) >= 11 is 0. The van der Waals surface area contributed by atoms with E-state index in [0.29, 0.717) is 6.54 Å². The normalized spacial score (nSPS) is 23.3. The summed E-state index contributed by atoms with van der Waals surface area (Å²) in [6.45, 7) is 1.07. The maximum absolute atomic E-state index is 11.4. The van der Waals surface area contributed by atoms with Gasteiger partial charge < -0.3 is 10.6 Å². The van der Waals surface area contributed by atoms with Crippen LogP contribution in [0.4, 0.5) is 0 Å². The third-order valence-corrected chi connectivity index (χ3v) is 3.34. The lowest BCUT2D eigenvalue weighted by molar-refractivity contribution is -0.122. The summed E-state index contributed by atoms with van der Waals surface area (Å²) in [5, 5.41) is 5.77. The zero-order valence-corrected chi connectivity index (χ0v) is 9.77. The van der Waals surface area contributed by atoms with Crippen LogP contribution in [0, 0.1) is 0 Å². The van der Waals surface area contributed by atoms with Crippen molar-refractivity contribution >= 4 is 15.7 Å². The smallest absolute Gasteiger partial charge is 0.237 e. The Balaban J connectivity index is 2.33. The van der Waals surface area contributed by atoms with Crippen molar-refractivity contribution in [2.24, 2.45) is 0 Å². The number of nitrogens with one attached hydrogen (secondary N) is 2. The van der Waals surface area contributed by atoms with Crippen LogP contribution in [0.2, 0.25) is 0 Å². The SMILES string of the molecule is CS(=O)(=O)CCNC1CCCCNC1=O. The molecule has 5 nitrogen and oxygen atoms in total. The Morgan fingerprint density at radius 1 is 1.47 bits per heavy atom. The Morgan fingerprint density at radius 3 is 2.87 bits per heavy atom. The monoisotopic (exact) mass is 234 g/mol. The molecule has 0 spiro atoms. The molecule has 0 aliphatic carbocycles. The van der Waals surface area contributed by atoms with Crippen molar-refractivity contribution in [2.45, 2.75) is 25.3 Å². The summed E-state index contributed by atoms with van der Waals surface area (Å²) in [6.07, 6.45) is 3.97. The molecule has 1 atom stereocenters. The summed E-state index contributed by atoms with van der Waals surface area (Å²) in [7, 11) is -2.95. The van der Waals surface area contributed by atoms with E-state index in [2.05, 4.69) is 10.6 Å². The van der Waals surface area contributed by atoms with E-state index in [1.807, 2.05) is 0 Å². The van der Waals surface area contributed by atoms with Gasteiger partial charge in [0.1, 0.15) is 9.84 Å². The number of carbonyl (C=O) groups excluding carboxylic acids is 1. The summed E-state index contributed by atoms with van der Waals surface area (Å²) in [4.78, 5) is 11.4. The first-order chi connectivity index (χ1) is 6.99. The van der Waals surface area contributed by atoms with Gasteiger partial charge in [0.15, 0.2) is 0 Å². The van der Waals surface area contributed by atoms with E-state index in [0.717, 1.165) is 25.8 Å². The molecule has 1 rings (SSSR count). The van der Waals surface area contributed by atoms with Crippen molar-refractivity contribution in [1.29, 1.82) is 0 Å². The van der Waals surface area contributed by atoms with E-state index in [9.17, 15) is 13.2 Å². The molecule has 15 heavy (non-hydrogen) atoms. The number of hydrogen-bond donors (Lipinski definition) is 2. The van der Waals surface area contributed by atoms with Gasteiger partial charge in [0, 0.05) is 19.3 Å². The summed E-state index contributed by atoms with van der Waals surface area (Å²) in [6, 6.07) is -0.228. The van der Waals surface area contributed by atoms with Gasteiger partial charge in [-0.05, 0) is 19.3 Å². The standard InChI is InChI=1S/C9H18N2O3S/c1-15(13,14)7-6-10-8-4-2-3-5-11-9(8)12/h8,10H,2-7H2,1H3,(H,11,12). The molecule has 1 amide bonds. The summed E-state index contributed by atoms with van der Waals surface area (Å²) in [5.74, 6) is 0.0672. The fraction of sp³-hybridized carbons (Fsp3) is 0.889. The average Bonchev–Trinajstić information content (AvgIpc) is 2.30. The largest absolute Gasteiger partial charge is 0.355 e. The van der Waals surface area contributed by atoms with Crippen molar-refractivity contribution in [3.63, 3.8) is 0 Å². The molecule has 1 heterocycles. The molecular formula is C9H18N2O3S. The van der Waals surface area contributed by atoms with Crippen LogP contribution in [-0.4, -0.2) is 45.5 Å². The average molecular weight is 234 g/mol. The predicted octanol–water partition coefficient (Wildman–Crippen LogP) is -0.711. The molecule has 88 valence electrons. The fourth-order valence-corrected chi connectivity index (χ4v) is 2.04. The van der Waals surface area contributed by atoms with Crippen LogP contribution < -0.4 is 10.6 Å². The highest BCUT2D eigenvalue weighted by Gasteiger charge is 2.19. The lowest BCUT2D eigenvalue weighted by Crippen LogP contribution is -2.44. The van der Waals surface area contributed by atoms with Crippen molar-refractivity contribution in [2.75, 3.05) is 25.1 Å². The van der Waals surface area contributed by atoms with Gasteiger partial charge in [-0.25, -0.2) is 8.42 Å². The molecule has 0 radical (unpaired) electrons. The summed E-state index contributed by atoms with van der Waals surface area (Å²) < 4.78 is 21.8. The first kappa shape index (κ1) is 12.4. The molecule has 0 saturated carbocycles. The molecule has 1 saturated heterocycles. The van der Waals surface area contributed by atoms with E-state index in [1.54, 1.807) is 0 Å². The minimum absolute atomic E-state index is 0.0130. The molecule has 1 aliphatic heterocycles. The van der Waals surface area contributed by atoms with E-state index < -0.39 is 9.84 Å². The predicted molar refractivity (Wildman–Crippen MR) is 58.4 cm³/mol. The van der Waals surface area contributed by atoms with E-state index in [4.69, 9.17) is 0 Å². The second-order valence-electron chi connectivity index (χ2n) is 3.92. The zero-order chi connectivity index (χ0) is 11.3. The lowest BCUT2D eigenvalue weighted by Gasteiger charge is -2.14. The van der Waals surface area contributed by atoms with Crippen molar-refractivity contribution < 1.29 is 13.2 Å². The maximum Gasteiger partial charge on any atom is 0.237 e. The minimum Gasteiger partial charge on any atom is -0.355 e. The van der Waals surface area contributed by atoms with Gasteiger partial charge in [-0.3, -0.25) is 4.79 Å². The highest BCUT2D eigenvalue weighted by atomic mass is 32.2. The minimum atomic E-state index is -2.95. The number of rotatable bonds is 4. The second kappa shape index (κ2) is 5.46. The molecule has 0 aromatic heterocycles. The number of sulfone groups is 1. The molecule has 1 unspecified atom stereocenters. The van der Waals surface area contributed by atoms with Crippen LogP contribution in [0.5, 0.6) is 0 Å². The van der Waals surface area contributed by atoms with Crippen molar-refractivity contribution in [3.8, 4) is 0 Å². The lowest BCUT2D eigenvalue weighted by atomic mass is 10.1. The topological polar surface area (TPSA) is 75.3 Å². The molecule has 0 aromatic rings. The van der Waals surface area contributed by atoms with Crippen molar-refractivity contribution in [1.82, 2.24) is 10.6 Å². The van der Waals surface area contributed by atoms with E-state index >= 15 is 0 Å². The van der Waals surface area contributed by atoms with Gasteiger partial charge in [0.25, 0.3) is 0 Å². The van der Waals surface area contributed by atoms with Crippen LogP contribution in [0.15, 0.2) is 0 Å². The third kappa shape index (κ3) is 5.13. The van der Waals surface area contributed by atoms with Crippen LogP contribution >= 0.6 is 0 Å². The van der Waals surface area contributed by atoms with E-state index in [1.165, 1.54) is 6.26 Å². The Kier molecular flexibility index (Phi) is 4.53. The number of amides is 1. The second-order valence-corrected chi connectivity index (χ2v) is 6.18. The van der Waals surface area contributed by atoms with Gasteiger partial charge in [0.05, 0.1) is 11.8 Å². The molecule has 6 heteroatoms. The van der Waals surface area contributed by atoms with E-state index in [-0.39, 0.29) is 17.7 Å². The first-order valence-electron chi connectivity index (χ1n) is 5.18. The molecule has 1 fully saturated rings. The van der Waals surface area contributed by atoms with Gasteiger partial charge in [-0.2, -0.15) is 0 Å². The molecule has 0 aromatic carbocycles. The first-order valence-corrected chi connectivity index (χ1v) is 7.24.